The van der Waals surface area contributed by atoms with E-state index in [9.17, 15) is 20.1 Å². The van der Waals surface area contributed by atoms with Crippen molar-refractivity contribution in [3.05, 3.63) is 60.8 Å². The lowest BCUT2D eigenvalue weighted by Gasteiger charge is -2.21. The summed E-state index contributed by atoms with van der Waals surface area (Å²) in [5.74, 6) is -0.340. The largest absolute Gasteiger partial charge is 0.394 e. The van der Waals surface area contributed by atoms with Gasteiger partial charge in [0.15, 0.2) is 0 Å². The van der Waals surface area contributed by atoms with E-state index in [0.29, 0.717) is 6.42 Å². The van der Waals surface area contributed by atoms with Gasteiger partial charge >= 0.3 is 0 Å². The molecule has 0 heterocycles. The Morgan fingerprint density at radius 1 is 0.605 bits per heavy atom. The van der Waals surface area contributed by atoms with Gasteiger partial charge in [-0.05, 0) is 64.2 Å². The van der Waals surface area contributed by atoms with Crippen LogP contribution >= 0.6 is 0 Å². The third-order valence-electron chi connectivity index (χ3n) is 7.51. The van der Waals surface area contributed by atoms with E-state index in [2.05, 4.69) is 67.8 Å². The lowest BCUT2D eigenvalue weighted by Crippen LogP contribution is -2.45. The Labute approximate surface area is 265 Å². The van der Waals surface area contributed by atoms with Crippen LogP contribution in [0.3, 0.4) is 0 Å². The first-order valence-electron chi connectivity index (χ1n) is 17.6. The number of unbranched alkanes of at least 4 members (excludes halogenated alkanes) is 14. The summed E-state index contributed by atoms with van der Waals surface area (Å²) in [5, 5.41) is 32.9. The number of aliphatic hydroxyl groups is 3. The fraction of sp³-hybridized carbons (Fsp3) is 0.711. The van der Waals surface area contributed by atoms with Crippen LogP contribution < -0.4 is 5.32 Å². The van der Waals surface area contributed by atoms with Gasteiger partial charge in [-0.1, -0.05) is 139 Å². The second kappa shape index (κ2) is 33.0. The van der Waals surface area contributed by atoms with Crippen LogP contribution in [-0.4, -0.2) is 46.1 Å². The molecule has 0 aliphatic rings. The molecule has 0 radical (unpaired) electrons. The van der Waals surface area contributed by atoms with Crippen LogP contribution in [0, 0.1) is 0 Å². The fourth-order valence-electron chi connectivity index (χ4n) is 4.78. The highest BCUT2D eigenvalue weighted by atomic mass is 16.3. The van der Waals surface area contributed by atoms with Gasteiger partial charge in [0.1, 0.15) is 0 Å². The van der Waals surface area contributed by atoms with Gasteiger partial charge in [-0.25, -0.2) is 0 Å². The van der Waals surface area contributed by atoms with Crippen molar-refractivity contribution in [1.29, 1.82) is 0 Å². The Morgan fingerprint density at radius 3 is 1.67 bits per heavy atom. The molecule has 0 fully saturated rings. The predicted molar refractivity (Wildman–Crippen MR) is 185 cm³/mol. The average Bonchev–Trinajstić information content (AvgIpc) is 3.00. The van der Waals surface area contributed by atoms with Crippen LogP contribution in [0.15, 0.2) is 60.8 Å². The Morgan fingerprint density at radius 2 is 1.12 bits per heavy atom. The third-order valence-corrected chi connectivity index (χ3v) is 7.51. The molecular formula is C38H67NO4. The van der Waals surface area contributed by atoms with Gasteiger partial charge in [-0.2, -0.15) is 0 Å². The molecule has 0 saturated heterocycles. The summed E-state index contributed by atoms with van der Waals surface area (Å²) < 4.78 is 0. The van der Waals surface area contributed by atoms with E-state index < -0.39 is 18.2 Å². The number of allylic oxidation sites excluding steroid dienone is 9. The molecular weight excluding hydrogens is 534 g/mol. The number of carbonyl (C=O) groups excluding carboxylic acids is 1. The van der Waals surface area contributed by atoms with Gasteiger partial charge < -0.3 is 20.6 Å². The van der Waals surface area contributed by atoms with Crippen LogP contribution in [0.5, 0.6) is 0 Å². The predicted octanol–water partition coefficient (Wildman–Crippen LogP) is 9.20. The Hall–Kier alpha value is -1.95. The molecule has 0 spiro atoms. The summed E-state index contributed by atoms with van der Waals surface area (Å²) in [5.41, 5.74) is 0. The zero-order chi connectivity index (χ0) is 31.6. The molecule has 0 aromatic rings. The molecule has 0 aromatic carbocycles. The summed E-state index contributed by atoms with van der Waals surface area (Å²) >= 11 is 0. The zero-order valence-electron chi connectivity index (χ0n) is 27.8. The number of carbonyl (C=O) groups is 1. The maximum absolute atomic E-state index is 12.3. The van der Waals surface area contributed by atoms with Gasteiger partial charge in [-0.15, -0.1) is 0 Å². The first-order valence-corrected chi connectivity index (χ1v) is 17.6. The van der Waals surface area contributed by atoms with Crippen LogP contribution in [0.4, 0.5) is 0 Å². The van der Waals surface area contributed by atoms with Crippen molar-refractivity contribution in [2.75, 3.05) is 6.61 Å². The van der Waals surface area contributed by atoms with Crippen molar-refractivity contribution in [2.45, 2.75) is 167 Å². The van der Waals surface area contributed by atoms with Gasteiger partial charge in [0.25, 0.3) is 0 Å². The van der Waals surface area contributed by atoms with Crippen molar-refractivity contribution < 1.29 is 20.1 Å². The van der Waals surface area contributed by atoms with Crippen LogP contribution in [0.2, 0.25) is 0 Å². The molecule has 0 aliphatic heterocycles. The number of hydrogen-bond donors (Lipinski definition) is 4. The molecule has 3 unspecified atom stereocenters. The summed E-state index contributed by atoms with van der Waals surface area (Å²) in [6, 6.07) is -0.769. The zero-order valence-corrected chi connectivity index (χ0v) is 27.8. The molecule has 248 valence electrons. The van der Waals surface area contributed by atoms with Crippen molar-refractivity contribution in [3.8, 4) is 0 Å². The van der Waals surface area contributed by atoms with Gasteiger partial charge in [0.2, 0.25) is 5.91 Å². The van der Waals surface area contributed by atoms with Gasteiger partial charge in [0.05, 0.1) is 31.3 Å². The minimum Gasteiger partial charge on any atom is -0.394 e. The number of rotatable bonds is 30. The quantitative estimate of drug-likeness (QED) is 0.0375. The maximum atomic E-state index is 12.3. The monoisotopic (exact) mass is 602 g/mol. The summed E-state index contributed by atoms with van der Waals surface area (Å²) in [6.45, 7) is 4.06. The smallest absolute Gasteiger partial charge is 0.222 e. The lowest BCUT2D eigenvalue weighted by molar-refractivity contribution is -0.124. The van der Waals surface area contributed by atoms with Crippen LogP contribution in [-0.2, 0) is 4.79 Å². The minimum atomic E-state index is -0.961. The molecule has 5 heteroatoms. The molecule has 5 nitrogen and oxygen atoms in total. The van der Waals surface area contributed by atoms with E-state index in [4.69, 9.17) is 0 Å². The topological polar surface area (TPSA) is 89.8 Å². The van der Waals surface area contributed by atoms with Crippen LogP contribution in [0.1, 0.15) is 149 Å². The van der Waals surface area contributed by atoms with Crippen molar-refractivity contribution in [3.63, 3.8) is 0 Å². The summed E-state index contributed by atoms with van der Waals surface area (Å²) in [4.78, 5) is 12.3. The number of aliphatic hydroxyl groups excluding tert-OH is 3. The van der Waals surface area contributed by atoms with E-state index in [0.717, 1.165) is 51.4 Å². The number of amides is 1. The van der Waals surface area contributed by atoms with Crippen molar-refractivity contribution in [2.24, 2.45) is 0 Å². The SMILES string of the molecule is CCC/C=C/CC/C=C/CC/C=C/C(O)C(CO)NC(=O)CC(O)CCCCCCCCCC/C=C\C=C/CCCCC. The molecule has 0 rings (SSSR count). The third kappa shape index (κ3) is 29.9. The lowest BCUT2D eigenvalue weighted by atomic mass is 10.0. The van der Waals surface area contributed by atoms with Crippen LogP contribution in [0.25, 0.3) is 0 Å². The van der Waals surface area contributed by atoms with E-state index >= 15 is 0 Å². The van der Waals surface area contributed by atoms with Gasteiger partial charge in [0, 0.05) is 0 Å². The summed E-state index contributed by atoms with van der Waals surface area (Å²) in [7, 11) is 0. The molecule has 0 bridgehead atoms. The number of hydrogen-bond acceptors (Lipinski definition) is 4. The number of nitrogens with one attached hydrogen (secondary N) is 1. The molecule has 4 N–H and O–H groups in total. The standard InChI is InChI=1S/C38H67NO4/c1-3-5-7-9-11-13-15-16-17-18-19-20-22-23-25-27-29-31-35(41)33-38(43)39-36(34-40)37(42)32-30-28-26-24-21-14-12-10-8-6-4-2/h8,10-11,13,15-16,21,24,30,32,35-37,40-42H,3-7,9,12,14,17-20,22-23,25-29,31,33-34H2,1-2H3,(H,39,43)/b10-8+,13-11-,16-15-,24-21+,32-30+. The maximum Gasteiger partial charge on any atom is 0.222 e. The molecule has 0 aliphatic carbocycles. The molecule has 1 amide bonds. The molecule has 3 atom stereocenters. The van der Waals surface area contributed by atoms with Crippen molar-refractivity contribution >= 4 is 5.91 Å². The summed E-state index contributed by atoms with van der Waals surface area (Å²) in [6.07, 6.45) is 42.0. The fourth-order valence-corrected chi connectivity index (χ4v) is 4.78. The molecule has 0 aromatic heterocycles. The normalized spacial score (nSPS) is 14.6. The van der Waals surface area contributed by atoms with E-state index in [1.807, 2.05) is 6.08 Å². The Kier molecular flexibility index (Phi) is 31.5. The minimum absolute atomic E-state index is 0.00550. The first-order chi connectivity index (χ1) is 21.0. The highest BCUT2D eigenvalue weighted by molar-refractivity contribution is 5.76. The Balaban J connectivity index is 3.81. The van der Waals surface area contributed by atoms with Gasteiger partial charge in [-0.3, -0.25) is 4.79 Å². The molecule has 0 saturated carbocycles. The second-order valence-corrected chi connectivity index (χ2v) is 11.8. The Bertz CT molecular complexity index is 755. The average molecular weight is 602 g/mol. The van der Waals surface area contributed by atoms with E-state index in [1.165, 1.54) is 70.6 Å². The molecule has 43 heavy (non-hydrogen) atoms. The highest BCUT2D eigenvalue weighted by Gasteiger charge is 2.20. The van der Waals surface area contributed by atoms with E-state index in [-0.39, 0.29) is 18.9 Å². The van der Waals surface area contributed by atoms with E-state index in [1.54, 1.807) is 6.08 Å². The van der Waals surface area contributed by atoms with Crippen molar-refractivity contribution in [1.82, 2.24) is 5.32 Å². The first kappa shape index (κ1) is 41.0. The second-order valence-electron chi connectivity index (χ2n) is 11.8. The highest BCUT2D eigenvalue weighted by Crippen LogP contribution is 2.13.